The van der Waals surface area contributed by atoms with Crippen molar-refractivity contribution in [1.82, 2.24) is 0 Å². The normalized spacial score (nSPS) is 9.40. The maximum Gasteiger partial charge on any atom is 0.307 e. The van der Waals surface area contributed by atoms with Gasteiger partial charge < -0.3 is 5.11 Å². The molecule has 0 fully saturated rings. The SMILES string of the molecule is CCCCc1ccc(CC(=O)O)cc1.Cl. The molecule has 0 radical (unpaired) electrons. The first-order valence-electron chi connectivity index (χ1n) is 5.02. The first-order chi connectivity index (χ1) is 6.72. The van der Waals surface area contributed by atoms with E-state index < -0.39 is 5.97 Å². The van der Waals surface area contributed by atoms with Crippen LogP contribution in [-0.2, 0) is 17.6 Å². The summed E-state index contributed by atoms with van der Waals surface area (Å²) in [6.07, 6.45) is 3.59. The zero-order valence-corrected chi connectivity index (χ0v) is 9.72. The highest BCUT2D eigenvalue weighted by Gasteiger charge is 1.99. The van der Waals surface area contributed by atoms with Gasteiger partial charge in [-0.3, -0.25) is 4.79 Å². The van der Waals surface area contributed by atoms with E-state index in [9.17, 15) is 4.79 Å². The second-order valence-corrected chi connectivity index (χ2v) is 3.49. The van der Waals surface area contributed by atoms with Crippen LogP contribution in [0.15, 0.2) is 24.3 Å². The Hall–Kier alpha value is -1.02. The van der Waals surface area contributed by atoms with E-state index in [1.807, 2.05) is 24.3 Å². The Kier molecular flexibility index (Phi) is 6.80. The van der Waals surface area contributed by atoms with Crippen LogP contribution in [0, 0.1) is 0 Å². The van der Waals surface area contributed by atoms with Crippen LogP contribution >= 0.6 is 12.4 Å². The Labute approximate surface area is 96.7 Å². The molecule has 3 heteroatoms. The fourth-order valence-electron chi connectivity index (χ4n) is 1.38. The number of carboxylic acid groups (broad SMARTS) is 1. The molecule has 0 spiro atoms. The minimum Gasteiger partial charge on any atom is -0.481 e. The maximum absolute atomic E-state index is 10.4. The summed E-state index contributed by atoms with van der Waals surface area (Å²) in [6.45, 7) is 2.17. The lowest BCUT2D eigenvalue weighted by Gasteiger charge is -2.01. The van der Waals surface area contributed by atoms with Gasteiger partial charge in [-0.1, -0.05) is 37.6 Å². The summed E-state index contributed by atoms with van der Waals surface area (Å²) in [7, 11) is 0. The molecule has 1 aromatic rings. The molecule has 0 atom stereocenters. The predicted molar refractivity (Wildman–Crippen MR) is 63.6 cm³/mol. The highest BCUT2D eigenvalue weighted by atomic mass is 35.5. The van der Waals surface area contributed by atoms with E-state index in [0.717, 1.165) is 12.0 Å². The van der Waals surface area contributed by atoms with Crippen molar-refractivity contribution in [2.45, 2.75) is 32.6 Å². The van der Waals surface area contributed by atoms with Gasteiger partial charge in [0.05, 0.1) is 6.42 Å². The fraction of sp³-hybridized carbons (Fsp3) is 0.417. The minimum atomic E-state index is -0.772. The average Bonchev–Trinajstić information content (AvgIpc) is 2.16. The van der Waals surface area contributed by atoms with Gasteiger partial charge in [0.25, 0.3) is 0 Å². The number of carboxylic acids is 1. The van der Waals surface area contributed by atoms with Gasteiger partial charge in [-0.15, -0.1) is 12.4 Å². The number of unbranched alkanes of at least 4 members (excludes halogenated alkanes) is 1. The monoisotopic (exact) mass is 228 g/mol. The van der Waals surface area contributed by atoms with Crippen molar-refractivity contribution in [3.63, 3.8) is 0 Å². The molecule has 0 aliphatic heterocycles. The number of benzene rings is 1. The van der Waals surface area contributed by atoms with Crippen molar-refractivity contribution in [2.24, 2.45) is 0 Å². The molecule has 0 saturated heterocycles. The second kappa shape index (κ2) is 7.30. The molecular formula is C12H17ClO2. The molecule has 1 rings (SSSR count). The number of carbonyl (C=O) groups is 1. The van der Waals surface area contributed by atoms with Gasteiger partial charge in [-0.25, -0.2) is 0 Å². The van der Waals surface area contributed by atoms with Crippen molar-refractivity contribution in [2.75, 3.05) is 0 Å². The molecule has 0 aromatic heterocycles. The lowest BCUT2D eigenvalue weighted by atomic mass is 10.1. The molecule has 0 saturated carbocycles. The van der Waals surface area contributed by atoms with E-state index in [1.54, 1.807) is 0 Å². The van der Waals surface area contributed by atoms with Crippen LogP contribution in [0.5, 0.6) is 0 Å². The Bertz CT molecular complexity index is 293. The average molecular weight is 229 g/mol. The van der Waals surface area contributed by atoms with Gasteiger partial charge in [0.15, 0.2) is 0 Å². The van der Waals surface area contributed by atoms with Crippen molar-refractivity contribution in [3.8, 4) is 0 Å². The summed E-state index contributed by atoms with van der Waals surface area (Å²) in [5.74, 6) is -0.772. The molecule has 84 valence electrons. The molecular weight excluding hydrogens is 212 g/mol. The smallest absolute Gasteiger partial charge is 0.307 e. The number of hydrogen-bond donors (Lipinski definition) is 1. The summed E-state index contributed by atoms with van der Waals surface area (Å²) in [5.41, 5.74) is 2.17. The highest BCUT2D eigenvalue weighted by molar-refractivity contribution is 5.85. The van der Waals surface area contributed by atoms with E-state index in [1.165, 1.54) is 18.4 Å². The standard InChI is InChI=1S/C12H16O2.ClH/c1-2-3-4-10-5-7-11(8-6-10)9-12(13)14;/h5-8H,2-4,9H2,1H3,(H,13,14);1H. The topological polar surface area (TPSA) is 37.3 Å². The van der Waals surface area contributed by atoms with E-state index in [4.69, 9.17) is 5.11 Å². The summed E-state index contributed by atoms with van der Waals surface area (Å²) >= 11 is 0. The van der Waals surface area contributed by atoms with Crippen LogP contribution in [0.3, 0.4) is 0 Å². The number of aliphatic carboxylic acids is 1. The second-order valence-electron chi connectivity index (χ2n) is 3.49. The molecule has 1 aromatic carbocycles. The first-order valence-corrected chi connectivity index (χ1v) is 5.02. The van der Waals surface area contributed by atoms with E-state index in [-0.39, 0.29) is 18.8 Å². The van der Waals surface area contributed by atoms with Crippen LogP contribution in [0.4, 0.5) is 0 Å². The Balaban J connectivity index is 0.00000196. The minimum absolute atomic E-state index is 0. The summed E-state index contributed by atoms with van der Waals surface area (Å²) < 4.78 is 0. The van der Waals surface area contributed by atoms with E-state index in [2.05, 4.69) is 6.92 Å². The molecule has 2 nitrogen and oxygen atoms in total. The van der Waals surface area contributed by atoms with Crippen LogP contribution in [0.2, 0.25) is 0 Å². The van der Waals surface area contributed by atoms with Crippen LogP contribution < -0.4 is 0 Å². The number of aryl methyl sites for hydroxylation is 1. The van der Waals surface area contributed by atoms with Crippen molar-refractivity contribution in [3.05, 3.63) is 35.4 Å². The zero-order chi connectivity index (χ0) is 10.4. The van der Waals surface area contributed by atoms with Gasteiger partial charge in [0.2, 0.25) is 0 Å². The molecule has 0 amide bonds. The lowest BCUT2D eigenvalue weighted by Crippen LogP contribution is -1.99. The largest absolute Gasteiger partial charge is 0.481 e. The van der Waals surface area contributed by atoms with Gasteiger partial charge >= 0.3 is 5.97 Å². The number of hydrogen-bond acceptors (Lipinski definition) is 1. The Morgan fingerprint density at radius 2 is 1.73 bits per heavy atom. The van der Waals surface area contributed by atoms with Crippen molar-refractivity contribution < 1.29 is 9.90 Å². The summed E-state index contributed by atoms with van der Waals surface area (Å²) in [6, 6.07) is 7.85. The maximum atomic E-state index is 10.4. The molecule has 0 aliphatic rings. The van der Waals surface area contributed by atoms with Gasteiger partial charge in [0, 0.05) is 0 Å². The molecule has 1 N–H and O–H groups in total. The Morgan fingerprint density at radius 3 is 2.20 bits per heavy atom. The molecule has 0 unspecified atom stereocenters. The predicted octanol–water partition coefficient (Wildman–Crippen LogP) is 3.08. The molecule has 15 heavy (non-hydrogen) atoms. The zero-order valence-electron chi connectivity index (χ0n) is 8.90. The third-order valence-electron chi connectivity index (χ3n) is 2.20. The quantitative estimate of drug-likeness (QED) is 0.841. The lowest BCUT2D eigenvalue weighted by molar-refractivity contribution is -0.136. The van der Waals surface area contributed by atoms with Crippen molar-refractivity contribution >= 4 is 18.4 Å². The fourth-order valence-corrected chi connectivity index (χ4v) is 1.38. The third kappa shape index (κ3) is 5.43. The molecule has 0 aliphatic carbocycles. The van der Waals surface area contributed by atoms with Gasteiger partial charge in [-0.2, -0.15) is 0 Å². The molecule has 0 bridgehead atoms. The highest BCUT2D eigenvalue weighted by Crippen LogP contribution is 2.08. The summed E-state index contributed by atoms with van der Waals surface area (Å²) in [5, 5.41) is 8.58. The number of rotatable bonds is 5. The number of halogens is 1. The first kappa shape index (κ1) is 14.0. The van der Waals surface area contributed by atoms with E-state index in [0.29, 0.717) is 0 Å². The van der Waals surface area contributed by atoms with Crippen LogP contribution in [0.25, 0.3) is 0 Å². The summed E-state index contributed by atoms with van der Waals surface area (Å²) in [4.78, 5) is 10.4. The molecule has 0 heterocycles. The van der Waals surface area contributed by atoms with E-state index >= 15 is 0 Å². The van der Waals surface area contributed by atoms with Crippen LogP contribution in [0.1, 0.15) is 30.9 Å². The van der Waals surface area contributed by atoms with Crippen LogP contribution in [-0.4, -0.2) is 11.1 Å². The van der Waals surface area contributed by atoms with Gasteiger partial charge in [-0.05, 0) is 24.0 Å². The third-order valence-corrected chi connectivity index (χ3v) is 2.20. The van der Waals surface area contributed by atoms with Crippen molar-refractivity contribution in [1.29, 1.82) is 0 Å². The Morgan fingerprint density at radius 1 is 1.20 bits per heavy atom. The van der Waals surface area contributed by atoms with Gasteiger partial charge in [0.1, 0.15) is 0 Å².